The van der Waals surface area contributed by atoms with E-state index in [9.17, 15) is 8.42 Å². The smallest absolute Gasteiger partial charge is 0.243 e. The van der Waals surface area contributed by atoms with Crippen LogP contribution in [0, 0.1) is 13.8 Å². The molecule has 0 unspecified atom stereocenters. The van der Waals surface area contributed by atoms with E-state index >= 15 is 0 Å². The van der Waals surface area contributed by atoms with E-state index in [2.05, 4.69) is 10.1 Å². The summed E-state index contributed by atoms with van der Waals surface area (Å²) in [6.07, 6.45) is 1.49. The molecule has 0 radical (unpaired) electrons. The van der Waals surface area contributed by atoms with Crippen molar-refractivity contribution in [3.05, 3.63) is 52.6 Å². The van der Waals surface area contributed by atoms with Gasteiger partial charge in [0.25, 0.3) is 0 Å². The summed E-state index contributed by atoms with van der Waals surface area (Å²) in [6, 6.07) is 8.51. The van der Waals surface area contributed by atoms with Gasteiger partial charge in [-0.15, -0.1) is 0 Å². The zero-order valence-electron chi connectivity index (χ0n) is 15.6. The van der Waals surface area contributed by atoms with E-state index in [1.54, 1.807) is 25.1 Å². The number of hydrogen-bond donors (Lipinski definition) is 0. The highest BCUT2D eigenvalue weighted by Gasteiger charge is 2.34. The van der Waals surface area contributed by atoms with Crippen molar-refractivity contribution in [2.75, 3.05) is 13.1 Å². The van der Waals surface area contributed by atoms with Crippen LogP contribution in [0.3, 0.4) is 0 Å². The summed E-state index contributed by atoms with van der Waals surface area (Å²) in [5, 5.41) is 4.38. The van der Waals surface area contributed by atoms with Gasteiger partial charge < -0.3 is 8.94 Å². The molecule has 148 valence electrons. The Labute approximate surface area is 168 Å². The standard InChI is InChI=1S/C19H20ClN3O4S/c1-12-5-7-15(20)10-17(12)28(24,25)23-9-3-4-14(11-23)19-21-18(22-27-19)16-8-6-13(2)26-16/h5-8,10,14H,3-4,9,11H2,1-2H3/t14-/m1/s1. The van der Waals surface area contributed by atoms with E-state index < -0.39 is 10.0 Å². The van der Waals surface area contributed by atoms with Crippen LogP contribution in [0.25, 0.3) is 11.6 Å². The lowest BCUT2D eigenvalue weighted by Gasteiger charge is -2.30. The van der Waals surface area contributed by atoms with Gasteiger partial charge in [-0.25, -0.2) is 8.42 Å². The number of aryl methyl sites for hydroxylation is 2. The normalized spacial score (nSPS) is 18.5. The molecule has 9 heteroatoms. The predicted molar refractivity (Wildman–Crippen MR) is 104 cm³/mol. The number of furan rings is 1. The summed E-state index contributed by atoms with van der Waals surface area (Å²) >= 11 is 6.02. The number of hydrogen-bond acceptors (Lipinski definition) is 6. The summed E-state index contributed by atoms with van der Waals surface area (Å²) < 4.78 is 38.7. The van der Waals surface area contributed by atoms with E-state index in [4.69, 9.17) is 20.5 Å². The van der Waals surface area contributed by atoms with Crippen LogP contribution < -0.4 is 0 Å². The molecule has 4 rings (SSSR count). The Hall–Kier alpha value is -2.16. The molecule has 0 spiro atoms. The van der Waals surface area contributed by atoms with Gasteiger partial charge in [-0.3, -0.25) is 0 Å². The maximum atomic E-state index is 13.2. The molecule has 1 saturated heterocycles. The zero-order valence-corrected chi connectivity index (χ0v) is 17.1. The van der Waals surface area contributed by atoms with Crippen LogP contribution in [0.5, 0.6) is 0 Å². The van der Waals surface area contributed by atoms with E-state index in [0.29, 0.717) is 41.0 Å². The Bertz CT molecular complexity index is 1110. The van der Waals surface area contributed by atoms with Crippen LogP contribution >= 0.6 is 11.6 Å². The molecule has 1 fully saturated rings. The fraction of sp³-hybridized carbons (Fsp3) is 0.368. The van der Waals surface area contributed by atoms with Crippen molar-refractivity contribution in [2.24, 2.45) is 0 Å². The van der Waals surface area contributed by atoms with E-state index in [-0.39, 0.29) is 17.4 Å². The molecule has 28 heavy (non-hydrogen) atoms. The summed E-state index contributed by atoms with van der Waals surface area (Å²) in [5.41, 5.74) is 0.666. The molecule has 1 aromatic carbocycles. The molecule has 1 atom stereocenters. The highest BCUT2D eigenvalue weighted by atomic mass is 35.5. The molecule has 3 heterocycles. The molecule has 0 amide bonds. The van der Waals surface area contributed by atoms with Gasteiger partial charge in [0.1, 0.15) is 5.76 Å². The fourth-order valence-corrected chi connectivity index (χ4v) is 5.42. The van der Waals surface area contributed by atoms with Gasteiger partial charge in [-0.1, -0.05) is 22.8 Å². The van der Waals surface area contributed by atoms with Gasteiger partial charge in [-0.05, 0) is 56.5 Å². The zero-order chi connectivity index (χ0) is 19.9. The number of sulfonamides is 1. The van der Waals surface area contributed by atoms with Crippen LogP contribution in [0.4, 0.5) is 0 Å². The number of aromatic nitrogens is 2. The van der Waals surface area contributed by atoms with Crippen LogP contribution in [-0.2, 0) is 10.0 Å². The molecule has 1 aliphatic heterocycles. The first-order valence-electron chi connectivity index (χ1n) is 9.01. The SMILES string of the molecule is Cc1ccc(-c2noc([C@@H]3CCCN(S(=O)(=O)c4cc(Cl)ccc4C)C3)n2)o1. The summed E-state index contributed by atoms with van der Waals surface area (Å²) in [5.74, 6) is 1.91. The largest absolute Gasteiger partial charge is 0.458 e. The third-order valence-corrected chi connectivity index (χ3v) is 7.15. The van der Waals surface area contributed by atoms with Crippen molar-refractivity contribution >= 4 is 21.6 Å². The predicted octanol–water partition coefficient (Wildman–Crippen LogP) is 4.17. The van der Waals surface area contributed by atoms with E-state index in [1.807, 2.05) is 13.0 Å². The monoisotopic (exact) mass is 421 g/mol. The van der Waals surface area contributed by atoms with Crippen molar-refractivity contribution in [1.82, 2.24) is 14.4 Å². The van der Waals surface area contributed by atoms with Gasteiger partial charge >= 0.3 is 0 Å². The van der Waals surface area contributed by atoms with Crippen molar-refractivity contribution < 1.29 is 17.4 Å². The first kappa shape index (κ1) is 19.2. The van der Waals surface area contributed by atoms with Crippen LogP contribution in [0.1, 0.15) is 36.0 Å². The number of nitrogens with zero attached hydrogens (tertiary/aromatic N) is 3. The minimum absolute atomic E-state index is 0.166. The van der Waals surface area contributed by atoms with Gasteiger partial charge in [-0.2, -0.15) is 9.29 Å². The molecule has 0 N–H and O–H groups in total. The third kappa shape index (κ3) is 3.59. The highest BCUT2D eigenvalue weighted by Crippen LogP contribution is 2.32. The molecule has 3 aromatic rings. The van der Waals surface area contributed by atoms with Crippen molar-refractivity contribution in [1.29, 1.82) is 0 Å². The summed E-state index contributed by atoms with van der Waals surface area (Å²) in [7, 11) is -3.66. The number of piperidine rings is 1. The molecular formula is C19H20ClN3O4S. The Morgan fingerprint density at radius 2 is 2.04 bits per heavy atom. The molecule has 7 nitrogen and oxygen atoms in total. The first-order valence-corrected chi connectivity index (χ1v) is 10.8. The number of benzene rings is 1. The Morgan fingerprint density at radius 1 is 1.21 bits per heavy atom. The Morgan fingerprint density at radius 3 is 2.79 bits per heavy atom. The second-order valence-corrected chi connectivity index (χ2v) is 9.32. The average molecular weight is 422 g/mol. The molecular weight excluding hydrogens is 402 g/mol. The highest BCUT2D eigenvalue weighted by molar-refractivity contribution is 7.89. The lowest BCUT2D eigenvalue weighted by molar-refractivity contribution is 0.265. The number of rotatable bonds is 4. The number of halogens is 1. The topological polar surface area (TPSA) is 89.4 Å². The van der Waals surface area contributed by atoms with E-state index in [1.165, 1.54) is 10.4 Å². The van der Waals surface area contributed by atoms with Crippen LogP contribution in [0.2, 0.25) is 5.02 Å². The van der Waals surface area contributed by atoms with Gasteiger partial charge in [0.15, 0.2) is 5.76 Å². The lowest BCUT2D eigenvalue weighted by atomic mass is 10.00. The van der Waals surface area contributed by atoms with Crippen molar-refractivity contribution in [3.63, 3.8) is 0 Å². The van der Waals surface area contributed by atoms with E-state index in [0.717, 1.165) is 12.2 Å². The lowest BCUT2D eigenvalue weighted by Crippen LogP contribution is -2.39. The van der Waals surface area contributed by atoms with Gasteiger partial charge in [0, 0.05) is 18.1 Å². The molecule has 0 bridgehead atoms. The van der Waals surface area contributed by atoms with Crippen LogP contribution in [-0.4, -0.2) is 36.0 Å². The Kier molecular flexibility index (Phi) is 5.03. The van der Waals surface area contributed by atoms with Crippen LogP contribution in [0.15, 0.2) is 44.2 Å². The van der Waals surface area contributed by atoms with Gasteiger partial charge in [0.05, 0.1) is 10.8 Å². The quantitative estimate of drug-likeness (QED) is 0.628. The maximum absolute atomic E-state index is 13.2. The third-order valence-electron chi connectivity index (χ3n) is 4.90. The average Bonchev–Trinajstić information content (AvgIpc) is 3.33. The molecule has 0 saturated carbocycles. The van der Waals surface area contributed by atoms with Crippen molar-refractivity contribution in [3.8, 4) is 11.6 Å². The summed E-state index contributed by atoms with van der Waals surface area (Å²) in [6.45, 7) is 4.34. The fourth-order valence-electron chi connectivity index (χ4n) is 3.41. The van der Waals surface area contributed by atoms with Crippen molar-refractivity contribution in [2.45, 2.75) is 37.5 Å². The Balaban J connectivity index is 1.58. The molecule has 0 aliphatic carbocycles. The molecule has 1 aliphatic rings. The second-order valence-electron chi connectivity index (χ2n) is 6.98. The minimum Gasteiger partial charge on any atom is -0.458 e. The second kappa shape index (κ2) is 7.35. The minimum atomic E-state index is -3.66. The molecule has 2 aromatic heterocycles. The summed E-state index contributed by atoms with van der Waals surface area (Å²) in [4.78, 5) is 4.66. The maximum Gasteiger partial charge on any atom is 0.243 e. The van der Waals surface area contributed by atoms with Gasteiger partial charge in [0.2, 0.25) is 21.7 Å². The first-order chi connectivity index (χ1) is 13.3.